The van der Waals surface area contributed by atoms with E-state index in [1.807, 2.05) is 6.92 Å². The standard InChI is InChI=1S/C27H27FN2O6S/c1-18-4-11-22(12-5-18)37(33,34)29(15-14-19-6-13-24(35-2)25(16-19)36-3)23-17-26(31)30(27(23)32)21-9-7-20(28)8-10-21/h4-13,16,23H,14-15,17H2,1-3H3. The number of ether oxygens (including phenoxy) is 2. The molecule has 8 nitrogen and oxygen atoms in total. The van der Waals surface area contributed by atoms with Crippen molar-refractivity contribution >= 4 is 27.5 Å². The molecule has 1 fully saturated rings. The summed E-state index contributed by atoms with van der Waals surface area (Å²) in [4.78, 5) is 27.3. The Labute approximate surface area is 215 Å². The highest BCUT2D eigenvalue weighted by atomic mass is 32.2. The molecule has 0 N–H and O–H groups in total. The summed E-state index contributed by atoms with van der Waals surface area (Å²) in [5.41, 5.74) is 1.82. The summed E-state index contributed by atoms with van der Waals surface area (Å²) < 4.78 is 52.6. The van der Waals surface area contributed by atoms with Gasteiger partial charge >= 0.3 is 0 Å². The van der Waals surface area contributed by atoms with E-state index in [-0.39, 0.29) is 30.0 Å². The summed E-state index contributed by atoms with van der Waals surface area (Å²) in [5, 5.41) is 0. The predicted octanol–water partition coefficient (Wildman–Crippen LogP) is 3.72. The van der Waals surface area contributed by atoms with Crippen molar-refractivity contribution in [3.8, 4) is 11.5 Å². The Bertz CT molecular complexity index is 1410. The molecule has 0 saturated carbocycles. The minimum absolute atomic E-state index is 0.0193. The average Bonchev–Trinajstić information content (AvgIpc) is 3.17. The second-order valence-corrected chi connectivity index (χ2v) is 10.5. The molecule has 1 aliphatic rings. The summed E-state index contributed by atoms with van der Waals surface area (Å²) >= 11 is 0. The summed E-state index contributed by atoms with van der Waals surface area (Å²) in [7, 11) is -1.13. The van der Waals surface area contributed by atoms with Crippen LogP contribution in [0, 0.1) is 12.7 Å². The lowest BCUT2D eigenvalue weighted by atomic mass is 10.1. The Kier molecular flexibility index (Phi) is 7.60. The number of benzene rings is 3. The Morgan fingerprint density at radius 2 is 1.59 bits per heavy atom. The first-order chi connectivity index (χ1) is 17.6. The van der Waals surface area contributed by atoms with Crippen molar-refractivity contribution in [3.63, 3.8) is 0 Å². The molecule has 194 valence electrons. The van der Waals surface area contributed by atoms with E-state index < -0.39 is 33.7 Å². The predicted molar refractivity (Wildman–Crippen MR) is 136 cm³/mol. The van der Waals surface area contributed by atoms with Crippen molar-refractivity contribution in [1.29, 1.82) is 0 Å². The molecule has 1 unspecified atom stereocenters. The van der Waals surface area contributed by atoms with E-state index in [0.29, 0.717) is 11.5 Å². The van der Waals surface area contributed by atoms with Gasteiger partial charge in [0.25, 0.3) is 5.91 Å². The number of aryl methyl sites for hydroxylation is 1. The van der Waals surface area contributed by atoms with Gasteiger partial charge in [-0.15, -0.1) is 0 Å². The van der Waals surface area contributed by atoms with E-state index in [0.717, 1.165) is 32.5 Å². The third-order valence-electron chi connectivity index (χ3n) is 6.25. The number of carbonyl (C=O) groups excluding carboxylic acids is 2. The second kappa shape index (κ2) is 10.7. The molecule has 1 saturated heterocycles. The lowest BCUT2D eigenvalue weighted by molar-refractivity contribution is -0.122. The van der Waals surface area contributed by atoms with E-state index in [1.54, 1.807) is 30.3 Å². The van der Waals surface area contributed by atoms with E-state index in [1.165, 1.54) is 38.5 Å². The number of imide groups is 1. The molecule has 0 radical (unpaired) electrons. The Morgan fingerprint density at radius 1 is 0.946 bits per heavy atom. The number of methoxy groups -OCH3 is 2. The van der Waals surface area contributed by atoms with Gasteiger partial charge < -0.3 is 9.47 Å². The number of halogens is 1. The van der Waals surface area contributed by atoms with Gasteiger partial charge in [0.05, 0.1) is 31.2 Å². The highest BCUT2D eigenvalue weighted by molar-refractivity contribution is 7.89. The molecular formula is C27H27FN2O6S. The number of hydrogen-bond acceptors (Lipinski definition) is 6. The van der Waals surface area contributed by atoms with Crippen LogP contribution in [0.4, 0.5) is 10.1 Å². The molecule has 0 spiro atoms. The molecule has 0 aromatic heterocycles. The normalized spacial score (nSPS) is 15.9. The van der Waals surface area contributed by atoms with Crippen molar-refractivity contribution in [2.45, 2.75) is 30.7 Å². The molecule has 0 bridgehead atoms. The number of hydrogen-bond donors (Lipinski definition) is 0. The molecule has 1 heterocycles. The highest BCUT2D eigenvalue weighted by Crippen LogP contribution is 2.31. The Hall–Kier alpha value is -3.76. The number of carbonyl (C=O) groups is 2. The van der Waals surface area contributed by atoms with Gasteiger partial charge in [-0.1, -0.05) is 23.8 Å². The summed E-state index contributed by atoms with van der Waals surface area (Å²) in [5.74, 6) is -0.737. The molecule has 1 aliphatic heterocycles. The van der Waals surface area contributed by atoms with E-state index in [2.05, 4.69) is 0 Å². The highest BCUT2D eigenvalue weighted by Gasteiger charge is 2.46. The maximum absolute atomic E-state index is 13.8. The van der Waals surface area contributed by atoms with Gasteiger partial charge in [-0.25, -0.2) is 17.7 Å². The van der Waals surface area contributed by atoms with Crippen molar-refractivity contribution in [2.75, 3.05) is 25.7 Å². The molecule has 4 rings (SSSR count). The van der Waals surface area contributed by atoms with Crippen LogP contribution in [0.2, 0.25) is 0 Å². The van der Waals surface area contributed by atoms with Crippen LogP contribution in [0.5, 0.6) is 11.5 Å². The maximum atomic E-state index is 13.8. The van der Waals surface area contributed by atoms with Crippen LogP contribution in [-0.2, 0) is 26.0 Å². The number of rotatable bonds is 9. The molecule has 1 atom stereocenters. The van der Waals surface area contributed by atoms with E-state index in [4.69, 9.17) is 9.47 Å². The lowest BCUT2D eigenvalue weighted by Gasteiger charge is -2.27. The number of nitrogens with zero attached hydrogens (tertiary/aromatic N) is 2. The van der Waals surface area contributed by atoms with Crippen LogP contribution in [0.25, 0.3) is 0 Å². The van der Waals surface area contributed by atoms with E-state index >= 15 is 0 Å². The number of anilines is 1. The third-order valence-corrected chi connectivity index (χ3v) is 8.17. The van der Waals surface area contributed by atoms with Crippen LogP contribution in [0.15, 0.2) is 71.6 Å². The fraction of sp³-hybridized carbons (Fsp3) is 0.259. The van der Waals surface area contributed by atoms with Gasteiger partial charge in [0.2, 0.25) is 15.9 Å². The zero-order valence-corrected chi connectivity index (χ0v) is 21.5. The van der Waals surface area contributed by atoms with Crippen LogP contribution in [-0.4, -0.2) is 51.3 Å². The maximum Gasteiger partial charge on any atom is 0.252 e. The monoisotopic (exact) mass is 526 g/mol. The zero-order chi connectivity index (χ0) is 26.7. The van der Waals surface area contributed by atoms with Crippen LogP contribution in [0.3, 0.4) is 0 Å². The first kappa shape index (κ1) is 26.3. The van der Waals surface area contributed by atoms with Crippen molar-refractivity contribution in [1.82, 2.24) is 4.31 Å². The van der Waals surface area contributed by atoms with Crippen molar-refractivity contribution in [2.24, 2.45) is 0 Å². The molecular weight excluding hydrogens is 499 g/mol. The van der Waals surface area contributed by atoms with Crippen molar-refractivity contribution in [3.05, 3.63) is 83.7 Å². The zero-order valence-electron chi connectivity index (χ0n) is 20.7. The fourth-order valence-corrected chi connectivity index (χ4v) is 5.85. The van der Waals surface area contributed by atoms with Gasteiger partial charge in [0.1, 0.15) is 11.9 Å². The summed E-state index contributed by atoms with van der Waals surface area (Å²) in [6.07, 6.45) is -0.0762. The fourth-order valence-electron chi connectivity index (χ4n) is 4.27. The molecule has 2 amide bonds. The Morgan fingerprint density at radius 3 is 2.22 bits per heavy atom. The third kappa shape index (κ3) is 5.35. The first-order valence-corrected chi connectivity index (χ1v) is 13.0. The molecule has 3 aromatic rings. The van der Waals surface area contributed by atoms with Gasteiger partial charge in [-0.3, -0.25) is 9.59 Å². The van der Waals surface area contributed by atoms with Gasteiger partial charge in [-0.2, -0.15) is 4.31 Å². The van der Waals surface area contributed by atoms with Crippen LogP contribution >= 0.6 is 0 Å². The summed E-state index contributed by atoms with van der Waals surface area (Å²) in [6, 6.07) is 15.2. The quantitative estimate of drug-likeness (QED) is 0.395. The second-order valence-electron chi connectivity index (χ2n) is 8.63. The van der Waals surface area contributed by atoms with Crippen LogP contribution < -0.4 is 14.4 Å². The smallest absolute Gasteiger partial charge is 0.252 e. The van der Waals surface area contributed by atoms with Gasteiger partial charge in [0, 0.05) is 6.54 Å². The Balaban J connectivity index is 1.69. The van der Waals surface area contributed by atoms with Crippen LogP contribution in [0.1, 0.15) is 17.5 Å². The minimum Gasteiger partial charge on any atom is -0.493 e. The lowest BCUT2D eigenvalue weighted by Crippen LogP contribution is -2.46. The van der Waals surface area contributed by atoms with E-state index in [9.17, 15) is 22.4 Å². The number of sulfonamides is 1. The van der Waals surface area contributed by atoms with Gasteiger partial charge in [0.15, 0.2) is 11.5 Å². The minimum atomic E-state index is -4.15. The average molecular weight is 527 g/mol. The molecule has 0 aliphatic carbocycles. The van der Waals surface area contributed by atoms with Crippen molar-refractivity contribution < 1.29 is 31.9 Å². The SMILES string of the molecule is COc1ccc(CCN(C2CC(=O)N(c3ccc(F)cc3)C2=O)S(=O)(=O)c2ccc(C)cc2)cc1OC. The van der Waals surface area contributed by atoms with Gasteiger partial charge in [-0.05, 0) is 67.4 Å². The summed E-state index contributed by atoms with van der Waals surface area (Å²) in [6.45, 7) is 1.78. The first-order valence-electron chi connectivity index (χ1n) is 11.6. The topological polar surface area (TPSA) is 93.2 Å². The molecule has 37 heavy (non-hydrogen) atoms. The number of amides is 2. The molecule has 10 heteroatoms. The molecule has 3 aromatic carbocycles. The largest absolute Gasteiger partial charge is 0.493 e.